The van der Waals surface area contributed by atoms with Crippen molar-refractivity contribution in [3.05, 3.63) is 93.0 Å². The number of rotatable bonds is 14. The molecule has 3 atom stereocenters. The van der Waals surface area contributed by atoms with Crippen LogP contribution in [-0.2, 0) is 62.7 Å². The Morgan fingerprint density at radius 1 is 0.954 bits per heavy atom. The summed E-state index contributed by atoms with van der Waals surface area (Å²) in [6.45, 7) is -0.137. The summed E-state index contributed by atoms with van der Waals surface area (Å²) in [5, 5.41) is 9.34. The predicted octanol–water partition coefficient (Wildman–Crippen LogP) is 8.27. The number of aryl methyl sites for hydroxylation is 1. The molecular weight excluding hydrogens is 948 g/mol. The molecule has 0 bridgehead atoms. The number of fused-ring (bicyclic) bond motifs is 4. The fourth-order valence-electron chi connectivity index (χ4n) is 8.05. The van der Waals surface area contributed by atoms with Crippen LogP contribution in [0.4, 0.5) is 49.7 Å². The molecule has 7 rings (SSSR count). The first kappa shape index (κ1) is 48.0. The van der Waals surface area contributed by atoms with Gasteiger partial charge in [0, 0.05) is 47.7 Å². The molecule has 1 saturated carbocycles. The molecule has 0 saturated heterocycles. The molecule has 352 valence electrons. The van der Waals surface area contributed by atoms with Gasteiger partial charge < -0.3 is 5.32 Å². The summed E-state index contributed by atoms with van der Waals surface area (Å²) in [6.07, 6.45) is -9.34. The first-order valence-electron chi connectivity index (χ1n) is 19.5. The number of benzene rings is 2. The number of hydrogen-bond donors (Lipinski definition) is 1. The van der Waals surface area contributed by atoms with Crippen LogP contribution in [0, 0.1) is 17.6 Å². The fourth-order valence-corrected chi connectivity index (χ4v) is 9.21. The lowest BCUT2D eigenvalue weighted by molar-refractivity contribution is -0.143. The van der Waals surface area contributed by atoms with Crippen molar-refractivity contribution in [2.24, 2.45) is 5.92 Å². The highest BCUT2D eigenvalue weighted by Gasteiger charge is 2.68. The number of nitrogens with zero attached hydrogens (tertiary/aromatic N) is 6. The Hall–Kier alpha value is -4.97. The third kappa shape index (κ3) is 9.38. The quantitative estimate of drug-likeness (QED) is 0.109. The maximum absolute atomic E-state index is 15.5. The summed E-state index contributed by atoms with van der Waals surface area (Å²) in [5.41, 5.74) is -4.42. The third-order valence-corrected chi connectivity index (χ3v) is 15.4. The smallest absolute Gasteiger partial charge is 0.346 e. The minimum Gasteiger partial charge on any atom is -0.346 e. The topological polar surface area (TPSA) is 149 Å². The Kier molecular flexibility index (Phi) is 11.9. The molecule has 12 nitrogen and oxygen atoms in total. The van der Waals surface area contributed by atoms with Crippen LogP contribution in [0.5, 0.6) is 0 Å². The van der Waals surface area contributed by atoms with Crippen molar-refractivity contribution in [2.45, 2.75) is 87.6 Å². The molecule has 1 fully saturated rings. The van der Waals surface area contributed by atoms with Crippen LogP contribution in [0.2, 0.25) is 5.02 Å². The van der Waals surface area contributed by atoms with Crippen LogP contribution in [0.1, 0.15) is 72.6 Å². The van der Waals surface area contributed by atoms with Crippen LogP contribution in [0.3, 0.4) is 0 Å². The monoisotopic (exact) mass is 985 g/mol. The van der Waals surface area contributed by atoms with Gasteiger partial charge in [0.15, 0.2) is 21.3 Å². The Morgan fingerprint density at radius 3 is 2.17 bits per heavy atom. The number of nitrogens with one attached hydrogen (secondary N) is 1. The summed E-state index contributed by atoms with van der Waals surface area (Å²) in [7, 11) is -6.85. The van der Waals surface area contributed by atoms with Gasteiger partial charge in [0.1, 0.15) is 30.4 Å². The van der Waals surface area contributed by atoms with E-state index in [1.807, 2.05) is 0 Å². The first-order valence-corrected chi connectivity index (χ1v) is 23.6. The van der Waals surface area contributed by atoms with Gasteiger partial charge in [0.25, 0.3) is 5.92 Å². The van der Waals surface area contributed by atoms with Gasteiger partial charge >= 0.3 is 12.4 Å². The van der Waals surface area contributed by atoms with E-state index in [9.17, 15) is 56.8 Å². The second kappa shape index (κ2) is 16.1. The van der Waals surface area contributed by atoms with E-state index in [4.69, 9.17) is 16.6 Å². The van der Waals surface area contributed by atoms with Gasteiger partial charge in [-0.05, 0) is 75.3 Å². The van der Waals surface area contributed by atoms with Crippen molar-refractivity contribution < 1.29 is 65.5 Å². The number of pyridine rings is 1. The van der Waals surface area contributed by atoms with Crippen molar-refractivity contribution in [2.75, 3.05) is 23.9 Å². The van der Waals surface area contributed by atoms with Gasteiger partial charge in [0.05, 0.1) is 38.7 Å². The molecule has 0 spiro atoms. The van der Waals surface area contributed by atoms with Gasteiger partial charge in [-0.3, -0.25) is 23.4 Å². The lowest BCUT2D eigenvalue weighted by atomic mass is 9.93. The minimum atomic E-state index is -5.17. The Morgan fingerprint density at radius 2 is 1.58 bits per heavy atom. The van der Waals surface area contributed by atoms with Crippen LogP contribution >= 0.6 is 11.6 Å². The average molecular weight is 986 g/mol. The summed E-state index contributed by atoms with van der Waals surface area (Å²) in [4.78, 5) is 18.8. The van der Waals surface area contributed by atoms with Crippen LogP contribution in [0.25, 0.3) is 22.0 Å². The number of amides is 1. The molecule has 65 heavy (non-hydrogen) atoms. The van der Waals surface area contributed by atoms with Crippen molar-refractivity contribution in [3.63, 3.8) is 0 Å². The zero-order chi connectivity index (χ0) is 48.1. The van der Waals surface area contributed by atoms with Gasteiger partial charge in [-0.25, -0.2) is 25.6 Å². The lowest BCUT2D eigenvalue weighted by Crippen LogP contribution is -2.35. The lowest BCUT2D eigenvalue weighted by Gasteiger charge is -2.25. The SMILES string of the molecule is CN(c1nn(CC(F)(F)F)c2c(-c3ccc(CCC(C)(C)S(C)(=O)=O)nc3[C@H](Cc3cc(F)cc(F)c3)NC(=O)Cn3nc(C(F)(F)F)c4c3C(F)(F)[C@@H]3C[C@H]43)ccc(Cl)c12)S(C)(=O)=O. The van der Waals surface area contributed by atoms with Crippen molar-refractivity contribution in [1.82, 2.24) is 29.9 Å². The van der Waals surface area contributed by atoms with E-state index in [1.165, 1.54) is 38.1 Å². The van der Waals surface area contributed by atoms with Crippen molar-refractivity contribution >= 4 is 54.1 Å². The van der Waals surface area contributed by atoms with Gasteiger partial charge in [0.2, 0.25) is 15.9 Å². The second-order valence-electron chi connectivity index (χ2n) is 16.9. The molecule has 1 N–H and O–H groups in total. The van der Waals surface area contributed by atoms with E-state index in [2.05, 4.69) is 15.5 Å². The van der Waals surface area contributed by atoms with E-state index in [-0.39, 0.29) is 62.4 Å². The van der Waals surface area contributed by atoms with Crippen LogP contribution < -0.4 is 9.62 Å². The first-order chi connectivity index (χ1) is 29.8. The zero-order valence-corrected chi connectivity index (χ0v) is 37.1. The Bertz CT molecular complexity index is 2950. The maximum atomic E-state index is 15.5. The number of hydrogen-bond acceptors (Lipinski definition) is 8. The normalized spacial score (nSPS) is 17.8. The highest BCUT2D eigenvalue weighted by molar-refractivity contribution is 7.92. The average Bonchev–Trinajstić information content (AvgIpc) is 3.66. The molecule has 0 unspecified atom stereocenters. The zero-order valence-electron chi connectivity index (χ0n) is 34.7. The number of aromatic nitrogens is 5. The molecule has 0 radical (unpaired) electrons. The summed E-state index contributed by atoms with van der Waals surface area (Å²) >= 11 is 6.55. The summed E-state index contributed by atoms with van der Waals surface area (Å²) in [5.74, 6) is -10.3. The van der Waals surface area contributed by atoms with Crippen LogP contribution in [0.15, 0.2) is 42.5 Å². The highest BCUT2D eigenvalue weighted by Crippen LogP contribution is 2.68. The van der Waals surface area contributed by atoms with Gasteiger partial charge in [-0.15, -0.1) is 0 Å². The van der Waals surface area contributed by atoms with E-state index >= 15 is 8.78 Å². The maximum Gasteiger partial charge on any atom is 0.435 e. The summed E-state index contributed by atoms with van der Waals surface area (Å²) < 4.78 is 196. The highest BCUT2D eigenvalue weighted by atomic mass is 35.5. The number of carbonyl (C=O) groups is 1. The molecule has 1 amide bonds. The molecule has 2 aliphatic carbocycles. The fraction of sp³-hybridized carbons (Fsp3) is 0.450. The van der Waals surface area contributed by atoms with Gasteiger partial charge in [-0.2, -0.15) is 45.3 Å². The van der Waals surface area contributed by atoms with E-state index in [1.54, 1.807) is 0 Å². The van der Waals surface area contributed by atoms with E-state index < -0.39 is 126 Å². The molecule has 3 heterocycles. The Labute approximate surface area is 369 Å². The number of sulfone groups is 1. The molecule has 25 heteroatoms. The second-order valence-corrected chi connectivity index (χ2v) is 21.9. The van der Waals surface area contributed by atoms with Crippen molar-refractivity contribution in [3.8, 4) is 11.1 Å². The predicted molar refractivity (Wildman–Crippen MR) is 217 cm³/mol. The molecule has 2 aromatic carbocycles. The third-order valence-electron chi connectivity index (χ3n) is 11.7. The van der Waals surface area contributed by atoms with Gasteiger partial charge in [-0.1, -0.05) is 23.7 Å². The van der Waals surface area contributed by atoms with E-state index in [0.29, 0.717) is 15.1 Å². The number of sulfonamides is 1. The number of anilines is 1. The number of alkyl halides is 8. The minimum absolute atomic E-state index is 0.0589. The molecule has 3 aromatic heterocycles. The summed E-state index contributed by atoms with van der Waals surface area (Å²) in [6, 6.07) is 5.79. The van der Waals surface area contributed by atoms with Crippen molar-refractivity contribution in [1.29, 1.82) is 0 Å². The largest absolute Gasteiger partial charge is 0.435 e. The van der Waals surface area contributed by atoms with Crippen LogP contribution in [-0.4, -0.2) is 77.8 Å². The molecule has 2 aliphatic rings. The number of halogens is 11. The molecular formula is C40H38ClF10N7O5S2. The standard InChI is InChI=1S/C40H38ClF10N7O5S2/c1-37(2,64(4,60)61)11-10-22-6-7-23(24-8-9-27(41)31-33(24)58(18-38(44,45)46)55-36(31)56(3)65(5,62)63)32(52-22)28(14-19-12-20(42)15-21(43)13-19)53-29(59)17-57-35-30(34(54-57)40(49,50)51)25-16-26(25)39(35,47)48/h6-9,12-13,15,25-26,28H,10-11,14,16-18H2,1-5H3,(H,53,59)/t25-,26+,28-/m0/s1. The molecule has 5 aromatic rings. The number of carbonyl (C=O) groups excluding carboxylic acids is 1. The molecule has 0 aliphatic heterocycles. The Balaban J connectivity index is 1.44. The van der Waals surface area contributed by atoms with E-state index in [0.717, 1.165) is 31.7 Å².